The molecule has 0 saturated carbocycles. The van der Waals surface area contributed by atoms with Gasteiger partial charge in [0.05, 0.1) is 30.4 Å². The number of carbonyl (C=O) groups excluding carboxylic acids is 4. The number of ether oxygens (including phenoxy) is 2. The Labute approximate surface area is 187 Å². The summed E-state index contributed by atoms with van der Waals surface area (Å²) in [6, 6.07) is 6.08. The Balaban J connectivity index is 1.50. The molecule has 3 heterocycles. The Morgan fingerprint density at radius 1 is 1.12 bits per heavy atom. The molecule has 0 spiro atoms. The zero-order valence-corrected chi connectivity index (χ0v) is 18.8. The molecule has 8 nitrogen and oxygen atoms in total. The summed E-state index contributed by atoms with van der Waals surface area (Å²) in [7, 11) is 0. The monoisotopic (exact) mass is 442 g/mol. The second kappa shape index (κ2) is 9.02. The van der Waals surface area contributed by atoms with Gasteiger partial charge in [-0.1, -0.05) is 26.0 Å². The zero-order chi connectivity index (χ0) is 23.0. The number of nitrogens with zero attached hydrogens (tertiary/aromatic N) is 2. The zero-order valence-electron chi connectivity index (χ0n) is 18.8. The summed E-state index contributed by atoms with van der Waals surface area (Å²) in [5.74, 6) is -0.986. The number of carbonyl (C=O) groups is 4. The molecule has 1 aromatic carbocycles. The fourth-order valence-corrected chi connectivity index (χ4v) is 4.99. The van der Waals surface area contributed by atoms with Crippen LogP contribution in [0.1, 0.15) is 67.2 Å². The van der Waals surface area contributed by atoms with Crippen LogP contribution in [-0.2, 0) is 19.1 Å². The van der Waals surface area contributed by atoms with E-state index in [0.717, 1.165) is 6.42 Å². The van der Waals surface area contributed by atoms with E-state index in [0.29, 0.717) is 30.4 Å². The second-order valence-corrected chi connectivity index (χ2v) is 9.16. The molecule has 4 rings (SSSR count). The third kappa shape index (κ3) is 4.03. The number of likely N-dealkylation sites (tertiary alicyclic amines) is 1. The maximum absolute atomic E-state index is 12.9. The van der Waals surface area contributed by atoms with E-state index >= 15 is 0 Å². The van der Waals surface area contributed by atoms with Crippen molar-refractivity contribution in [3.05, 3.63) is 35.4 Å². The Morgan fingerprint density at radius 3 is 2.38 bits per heavy atom. The van der Waals surface area contributed by atoms with Crippen LogP contribution in [0.25, 0.3) is 0 Å². The number of fused-ring (bicyclic) bond motifs is 2. The molecular formula is C24H30N2O6. The van der Waals surface area contributed by atoms with Crippen molar-refractivity contribution in [2.75, 3.05) is 13.2 Å². The van der Waals surface area contributed by atoms with Gasteiger partial charge in [0.25, 0.3) is 11.8 Å². The molecule has 32 heavy (non-hydrogen) atoms. The molecule has 3 aliphatic heterocycles. The van der Waals surface area contributed by atoms with Gasteiger partial charge in [-0.2, -0.15) is 0 Å². The molecule has 2 saturated heterocycles. The summed E-state index contributed by atoms with van der Waals surface area (Å²) in [6.45, 7) is 6.11. The van der Waals surface area contributed by atoms with Gasteiger partial charge >= 0.3 is 5.97 Å². The first-order chi connectivity index (χ1) is 15.3. The highest BCUT2D eigenvalue weighted by molar-refractivity contribution is 6.21. The maximum atomic E-state index is 12.9. The number of amides is 3. The van der Waals surface area contributed by atoms with E-state index in [4.69, 9.17) is 9.47 Å². The highest BCUT2D eigenvalue weighted by Crippen LogP contribution is 2.39. The number of imide groups is 1. The van der Waals surface area contributed by atoms with E-state index < -0.39 is 24.3 Å². The van der Waals surface area contributed by atoms with Gasteiger partial charge in [0.2, 0.25) is 5.91 Å². The fraction of sp³-hybridized carbons (Fsp3) is 0.583. The number of benzene rings is 1. The minimum absolute atomic E-state index is 0.00924. The lowest BCUT2D eigenvalue weighted by Crippen LogP contribution is -2.53. The lowest BCUT2D eigenvalue weighted by atomic mass is 9.94. The predicted octanol–water partition coefficient (Wildman–Crippen LogP) is 2.61. The molecule has 0 radical (unpaired) electrons. The Kier molecular flexibility index (Phi) is 6.33. The van der Waals surface area contributed by atoms with Crippen molar-refractivity contribution >= 4 is 23.7 Å². The number of esters is 1. The van der Waals surface area contributed by atoms with Crippen LogP contribution in [0.4, 0.5) is 0 Å². The van der Waals surface area contributed by atoms with Crippen molar-refractivity contribution < 1.29 is 28.7 Å². The number of hydrogen-bond acceptors (Lipinski definition) is 6. The first kappa shape index (κ1) is 22.5. The minimum atomic E-state index is -0.699. The number of rotatable bonds is 7. The predicted molar refractivity (Wildman–Crippen MR) is 115 cm³/mol. The normalized spacial score (nSPS) is 25.9. The summed E-state index contributed by atoms with van der Waals surface area (Å²) in [5, 5.41) is 0. The Hall–Kier alpha value is -2.74. The molecule has 3 aliphatic rings. The smallest absolute Gasteiger partial charge is 0.328 e. The van der Waals surface area contributed by atoms with Gasteiger partial charge in [0.15, 0.2) is 0 Å². The van der Waals surface area contributed by atoms with Crippen LogP contribution in [0.2, 0.25) is 0 Å². The maximum Gasteiger partial charge on any atom is 0.328 e. The van der Waals surface area contributed by atoms with Gasteiger partial charge in [-0.25, -0.2) is 4.79 Å². The second-order valence-electron chi connectivity index (χ2n) is 9.16. The quantitative estimate of drug-likeness (QED) is 0.476. The lowest BCUT2D eigenvalue weighted by molar-refractivity contribution is -0.176. The molecule has 172 valence electrons. The molecule has 0 N–H and O–H groups in total. The van der Waals surface area contributed by atoms with Crippen molar-refractivity contribution in [3.63, 3.8) is 0 Å². The van der Waals surface area contributed by atoms with E-state index in [9.17, 15) is 19.2 Å². The van der Waals surface area contributed by atoms with Crippen molar-refractivity contribution in [1.82, 2.24) is 9.80 Å². The van der Waals surface area contributed by atoms with Crippen molar-refractivity contribution in [2.24, 2.45) is 11.8 Å². The summed E-state index contributed by atoms with van der Waals surface area (Å²) in [4.78, 5) is 53.8. The van der Waals surface area contributed by atoms with Crippen LogP contribution in [0, 0.1) is 11.8 Å². The molecule has 8 heteroatoms. The fourth-order valence-electron chi connectivity index (χ4n) is 4.99. The topological polar surface area (TPSA) is 93.2 Å². The molecule has 3 amide bonds. The third-order valence-electron chi connectivity index (χ3n) is 6.45. The van der Waals surface area contributed by atoms with Gasteiger partial charge in [-0.05, 0) is 44.2 Å². The molecule has 1 unspecified atom stereocenters. The van der Waals surface area contributed by atoms with E-state index in [2.05, 4.69) is 0 Å². The van der Waals surface area contributed by atoms with E-state index in [1.165, 1.54) is 4.90 Å². The van der Waals surface area contributed by atoms with Crippen LogP contribution in [0.3, 0.4) is 0 Å². The molecule has 0 bridgehead atoms. The summed E-state index contributed by atoms with van der Waals surface area (Å²) in [5.41, 5.74) is 0.811. The van der Waals surface area contributed by atoms with E-state index in [1.54, 1.807) is 36.1 Å². The van der Waals surface area contributed by atoms with Crippen molar-refractivity contribution in [3.8, 4) is 0 Å². The number of hydrogen-bond donors (Lipinski definition) is 0. The standard InChI is InChI=1S/C24H30N2O6/c1-4-31-24(30)19(11-14(2)3)26-20(27)12-15-9-10-16(32-23(15)26)13-25-21(28)17-7-5-6-8-18(17)22(25)29/h5-8,14-16,19,23H,4,9-13H2,1-3H3/t15-,16+,19?,23+/m1/s1. The van der Waals surface area contributed by atoms with Crippen LogP contribution >= 0.6 is 0 Å². The Bertz CT molecular complexity index is 894. The van der Waals surface area contributed by atoms with Gasteiger partial charge in [-0.15, -0.1) is 0 Å². The third-order valence-corrected chi connectivity index (χ3v) is 6.45. The molecule has 2 fully saturated rings. The summed E-state index contributed by atoms with van der Waals surface area (Å²) < 4.78 is 11.6. The van der Waals surface area contributed by atoms with Crippen molar-refractivity contribution in [1.29, 1.82) is 0 Å². The highest BCUT2D eigenvalue weighted by atomic mass is 16.5. The SMILES string of the molecule is CCOC(=O)C(CC(C)C)N1C(=O)C[C@H]2CC[C@@H](CN3C(=O)c4ccccc4C3=O)O[C@@H]21. The van der Waals surface area contributed by atoms with Gasteiger partial charge < -0.3 is 14.4 Å². The average Bonchev–Trinajstić information content (AvgIpc) is 3.21. The molecule has 4 atom stereocenters. The largest absolute Gasteiger partial charge is 0.464 e. The van der Waals surface area contributed by atoms with Crippen LogP contribution < -0.4 is 0 Å². The molecule has 0 aliphatic carbocycles. The lowest BCUT2D eigenvalue weighted by Gasteiger charge is -2.40. The Morgan fingerprint density at radius 2 is 1.78 bits per heavy atom. The van der Waals surface area contributed by atoms with Gasteiger partial charge in [-0.3, -0.25) is 19.3 Å². The molecule has 1 aromatic rings. The van der Waals surface area contributed by atoms with E-state index in [1.807, 2.05) is 13.8 Å². The first-order valence-corrected chi connectivity index (χ1v) is 11.4. The van der Waals surface area contributed by atoms with Gasteiger partial charge in [0, 0.05) is 12.3 Å². The average molecular weight is 443 g/mol. The highest BCUT2D eigenvalue weighted by Gasteiger charge is 2.50. The molecular weight excluding hydrogens is 412 g/mol. The minimum Gasteiger partial charge on any atom is -0.464 e. The van der Waals surface area contributed by atoms with Gasteiger partial charge in [0.1, 0.15) is 12.3 Å². The summed E-state index contributed by atoms with van der Waals surface area (Å²) in [6.07, 6.45) is 1.25. The van der Waals surface area contributed by atoms with E-state index in [-0.39, 0.29) is 42.7 Å². The van der Waals surface area contributed by atoms with Crippen LogP contribution in [0.5, 0.6) is 0 Å². The summed E-state index contributed by atoms with van der Waals surface area (Å²) >= 11 is 0. The van der Waals surface area contributed by atoms with Crippen LogP contribution in [-0.4, -0.2) is 65.0 Å². The first-order valence-electron chi connectivity index (χ1n) is 11.4. The van der Waals surface area contributed by atoms with Crippen LogP contribution in [0.15, 0.2) is 24.3 Å². The van der Waals surface area contributed by atoms with Crippen molar-refractivity contribution in [2.45, 2.75) is 64.8 Å². The molecule has 0 aromatic heterocycles.